The Balaban J connectivity index is 1.98. The molecule has 0 saturated carbocycles. The van der Waals surface area contributed by atoms with Gasteiger partial charge in [-0.05, 0) is 18.2 Å². The highest BCUT2D eigenvalue weighted by molar-refractivity contribution is 6.17. The maximum absolute atomic E-state index is 5.89. The van der Waals surface area contributed by atoms with Crippen LogP contribution in [0.5, 0.6) is 11.5 Å². The van der Waals surface area contributed by atoms with Crippen LogP contribution in [0.3, 0.4) is 0 Å². The van der Waals surface area contributed by atoms with E-state index in [0.717, 1.165) is 29.2 Å². The van der Waals surface area contributed by atoms with Crippen molar-refractivity contribution in [3.8, 4) is 11.5 Å². The summed E-state index contributed by atoms with van der Waals surface area (Å²) in [6.07, 6.45) is 2.55. The normalized spacial score (nSPS) is 10.2. The molecule has 0 aliphatic heterocycles. The average molecular weight is 278 g/mol. The van der Waals surface area contributed by atoms with E-state index >= 15 is 0 Å². The van der Waals surface area contributed by atoms with Crippen LogP contribution in [0.4, 0.5) is 0 Å². The van der Waals surface area contributed by atoms with Crippen LogP contribution in [-0.2, 0) is 12.3 Å². The van der Waals surface area contributed by atoms with E-state index in [1.165, 1.54) is 0 Å². The van der Waals surface area contributed by atoms with Crippen molar-refractivity contribution < 1.29 is 9.47 Å². The van der Waals surface area contributed by atoms with Gasteiger partial charge in [0, 0.05) is 29.9 Å². The fourth-order valence-corrected chi connectivity index (χ4v) is 1.94. The second-order valence-corrected chi connectivity index (χ2v) is 4.29. The largest absolute Gasteiger partial charge is 0.497 e. The number of halogens is 1. The summed E-state index contributed by atoms with van der Waals surface area (Å²) in [5, 5.41) is 0. The van der Waals surface area contributed by atoms with Gasteiger partial charge < -0.3 is 9.47 Å². The first kappa shape index (κ1) is 13.7. The molecule has 1 aromatic heterocycles. The minimum atomic E-state index is 0.420. The van der Waals surface area contributed by atoms with Crippen LogP contribution in [0, 0.1) is 0 Å². The number of ether oxygens (including phenoxy) is 2. The monoisotopic (exact) mass is 277 g/mol. The summed E-state index contributed by atoms with van der Waals surface area (Å²) in [5.41, 5.74) is 1.97. The number of hydrogen-bond donors (Lipinski definition) is 0. The van der Waals surface area contributed by atoms with Crippen molar-refractivity contribution in [3.63, 3.8) is 0 Å². The fraction of sp³-hybridized carbons (Fsp3) is 0.267. The van der Waals surface area contributed by atoms with Gasteiger partial charge in [-0.25, -0.2) is 0 Å². The summed E-state index contributed by atoms with van der Waals surface area (Å²) in [6, 6.07) is 11.5. The number of benzene rings is 1. The van der Waals surface area contributed by atoms with Crippen molar-refractivity contribution in [1.82, 2.24) is 4.98 Å². The molecule has 0 aliphatic carbocycles. The Morgan fingerprint density at radius 1 is 1.21 bits per heavy atom. The highest BCUT2D eigenvalue weighted by Crippen LogP contribution is 2.26. The van der Waals surface area contributed by atoms with Gasteiger partial charge in [0.15, 0.2) is 0 Å². The van der Waals surface area contributed by atoms with E-state index in [4.69, 9.17) is 21.1 Å². The molecule has 0 saturated heterocycles. The molecule has 0 fully saturated rings. The molecule has 1 aromatic carbocycles. The van der Waals surface area contributed by atoms with E-state index in [1.807, 2.05) is 36.4 Å². The summed E-state index contributed by atoms with van der Waals surface area (Å²) in [4.78, 5) is 4.26. The molecule has 100 valence electrons. The van der Waals surface area contributed by atoms with Gasteiger partial charge in [0.25, 0.3) is 0 Å². The molecule has 3 nitrogen and oxygen atoms in total. The van der Waals surface area contributed by atoms with Gasteiger partial charge in [-0.1, -0.05) is 12.1 Å². The lowest BCUT2D eigenvalue weighted by molar-refractivity contribution is 0.315. The third kappa shape index (κ3) is 3.86. The molecule has 0 spiro atoms. The molecule has 19 heavy (non-hydrogen) atoms. The molecular weight excluding hydrogens is 262 g/mol. The third-order valence-electron chi connectivity index (χ3n) is 2.76. The Kier molecular flexibility index (Phi) is 5.04. The number of methoxy groups -OCH3 is 1. The Hall–Kier alpha value is -1.74. The maximum Gasteiger partial charge on any atom is 0.127 e. The summed E-state index contributed by atoms with van der Waals surface area (Å²) in [7, 11) is 1.63. The van der Waals surface area contributed by atoms with Gasteiger partial charge in [0.1, 0.15) is 11.5 Å². The van der Waals surface area contributed by atoms with Crippen LogP contribution in [0.15, 0.2) is 42.6 Å². The Morgan fingerprint density at radius 2 is 2.11 bits per heavy atom. The van der Waals surface area contributed by atoms with E-state index in [9.17, 15) is 0 Å². The summed E-state index contributed by atoms with van der Waals surface area (Å²) in [6.45, 7) is 0.564. The van der Waals surface area contributed by atoms with E-state index in [-0.39, 0.29) is 0 Å². The van der Waals surface area contributed by atoms with Gasteiger partial charge in [0.2, 0.25) is 0 Å². The molecule has 4 heteroatoms. The van der Waals surface area contributed by atoms with Crippen molar-refractivity contribution in [2.24, 2.45) is 0 Å². The molecule has 1 heterocycles. The van der Waals surface area contributed by atoms with Gasteiger partial charge in [-0.3, -0.25) is 4.98 Å². The Bertz CT molecular complexity index is 517. The molecule has 0 aliphatic rings. The van der Waals surface area contributed by atoms with Crippen LogP contribution in [0.1, 0.15) is 11.3 Å². The molecule has 2 aromatic rings. The quantitative estimate of drug-likeness (QED) is 0.758. The van der Waals surface area contributed by atoms with E-state index in [2.05, 4.69) is 4.98 Å². The molecular formula is C15H16ClNO2. The molecule has 0 amide bonds. The molecule has 0 unspecified atom stereocenters. The zero-order valence-corrected chi connectivity index (χ0v) is 11.6. The Morgan fingerprint density at radius 3 is 2.79 bits per heavy atom. The fourth-order valence-electron chi connectivity index (χ4n) is 1.72. The second-order valence-electron chi connectivity index (χ2n) is 4.03. The van der Waals surface area contributed by atoms with Gasteiger partial charge in [-0.2, -0.15) is 0 Å². The maximum atomic E-state index is 5.89. The molecule has 0 radical (unpaired) electrons. The lowest BCUT2D eigenvalue weighted by Crippen LogP contribution is -2.04. The zero-order chi connectivity index (χ0) is 13.5. The smallest absolute Gasteiger partial charge is 0.127 e. The molecule has 0 atom stereocenters. The molecule has 2 rings (SSSR count). The van der Waals surface area contributed by atoms with Crippen molar-refractivity contribution in [3.05, 3.63) is 53.9 Å². The zero-order valence-electron chi connectivity index (χ0n) is 10.8. The van der Waals surface area contributed by atoms with Crippen molar-refractivity contribution in [1.29, 1.82) is 0 Å². The Labute approximate surface area is 118 Å². The highest BCUT2D eigenvalue weighted by atomic mass is 35.5. The topological polar surface area (TPSA) is 31.4 Å². The number of hydrogen-bond acceptors (Lipinski definition) is 3. The minimum Gasteiger partial charge on any atom is -0.497 e. The first-order chi connectivity index (χ1) is 9.33. The van der Waals surface area contributed by atoms with E-state index in [0.29, 0.717) is 12.5 Å². The second kappa shape index (κ2) is 7.00. The van der Waals surface area contributed by atoms with Crippen LogP contribution < -0.4 is 9.47 Å². The predicted octanol–water partition coefficient (Wildman–Crippen LogP) is 3.45. The first-order valence-electron chi connectivity index (χ1n) is 6.09. The number of pyridine rings is 1. The van der Waals surface area contributed by atoms with Crippen molar-refractivity contribution in [2.45, 2.75) is 12.3 Å². The lowest BCUT2D eigenvalue weighted by Gasteiger charge is -2.11. The number of aromatic nitrogens is 1. The summed E-state index contributed by atoms with van der Waals surface area (Å²) in [5.74, 6) is 1.95. The molecule has 0 bridgehead atoms. The number of rotatable bonds is 6. The standard InChI is InChI=1S/C15H16ClNO2/c1-18-14-6-5-12(11-16)15(10-14)19-9-7-13-4-2-3-8-17-13/h2-6,8,10H,7,9,11H2,1H3. The van der Waals surface area contributed by atoms with E-state index in [1.54, 1.807) is 13.3 Å². The van der Waals surface area contributed by atoms with Crippen LogP contribution in [-0.4, -0.2) is 18.7 Å². The summed E-state index contributed by atoms with van der Waals surface area (Å²) >= 11 is 5.89. The average Bonchev–Trinajstić information content (AvgIpc) is 2.48. The summed E-state index contributed by atoms with van der Waals surface area (Å²) < 4.78 is 11.0. The third-order valence-corrected chi connectivity index (χ3v) is 3.05. The van der Waals surface area contributed by atoms with Crippen LogP contribution >= 0.6 is 11.6 Å². The minimum absolute atomic E-state index is 0.420. The number of alkyl halides is 1. The van der Waals surface area contributed by atoms with Crippen molar-refractivity contribution >= 4 is 11.6 Å². The SMILES string of the molecule is COc1ccc(CCl)c(OCCc2ccccn2)c1. The molecule has 0 N–H and O–H groups in total. The number of nitrogens with zero attached hydrogens (tertiary/aromatic N) is 1. The lowest BCUT2D eigenvalue weighted by atomic mass is 10.2. The van der Waals surface area contributed by atoms with Crippen LogP contribution in [0.25, 0.3) is 0 Å². The van der Waals surface area contributed by atoms with E-state index < -0.39 is 0 Å². The van der Waals surface area contributed by atoms with Gasteiger partial charge in [0.05, 0.1) is 19.6 Å². The van der Waals surface area contributed by atoms with Gasteiger partial charge in [-0.15, -0.1) is 11.6 Å². The first-order valence-corrected chi connectivity index (χ1v) is 6.62. The van der Waals surface area contributed by atoms with Gasteiger partial charge >= 0.3 is 0 Å². The van der Waals surface area contributed by atoms with Crippen LogP contribution in [0.2, 0.25) is 0 Å². The predicted molar refractivity (Wildman–Crippen MR) is 76.0 cm³/mol. The highest BCUT2D eigenvalue weighted by Gasteiger charge is 2.05. The van der Waals surface area contributed by atoms with Crippen molar-refractivity contribution in [2.75, 3.05) is 13.7 Å².